The van der Waals surface area contributed by atoms with Crippen LogP contribution in [-0.2, 0) is 0 Å². The Balaban J connectivity index is 1.52. The average Bonchev–Trinajstić information content (AvgIpc) is 3.57. The zero-order valence-corrected chi connectivity index (χ0v) is 19.0. The summed E-state index contributed by atoms with van der Waals surface area (Å²) >= 11 is 0. The van der Waals surface area contributed by atoms with E-state index in [2.05, 4.69) is 20.3 Å². The Hall–Kier alpha value is -3.07. The summed E-state index contributed by atoms with van der Waals surface area (Å²) < 4.78 is 33.0. The van der Waals surface area contributed by atoms with Crippen LogP contribution >= 0.6 is 0 Å². The maximum absolute atomic E-state index is 13.5. The first kappa shape index (κ1) is 22.7. The van der Waals surface area contributed by atoms with Gasteiger partial charge in [-0.3, -0.25) is 4.79 Å². The SMILES string of the molecule is Cc1[nH]c2c(-c3cc(C(F)F)ccc3OCC3CC3)ncnc2c1C(=O)N[C@@H]1CCC[C@@H](O)C1. The number of amides is 1. The van der Waals surface area contributed by atoms with Gasteiger partial charge >= 0.3 is 0 Å². The standard InChI is InChI=1S/C25H28F2N4O3/c1-13-20(25(33)31-16-3-2-4-17(32)10-16)22-23(30-13)21(28-12-29-22)18-9-15(24(26)27)7-8-19(18)34-11-14-5-6-14/h7-9,12,14,16-17,24,30,32H,2-6,10-11H2,1H3,(H,31,33)/t16-,17-/m1/s1. The molecule has 1 amide bonds. The van der Waals surface area contributed by atoms with Crippen LogP contribution in [0.5, 0.6) is 5.75 Å². The second kappa shape index (κ2) is 9.29. The maximum atomic E-state index is 13.5. The van der Waals surface area contributed by atoms with Gasteiger partial charge in [-0.2, -0.15) is 0 Å². The monoisotopic (exact) mass is 470 g/mol. The number of nitrogens with one attached hydrogen (secondary N) is 2. The number of hydrogen-bond donors (Lipinski definition) is 3. The van der Waals surface area contributed by atoms with Crippen LogP contribution in [0.2, 0.25) is 0 Å². The quantitative estimate of drug-likeness (QED) is 0.465. The molecule has 9 heteroatoms. The molecule has 0 unspecified atom stereocenters. The van der Waals surface area contributed by atoms with E-state index in [4.69, 9.17) is 4.74 Å². The van der Waals surface area contributed by atoms with Crippen molar-refractivity contribution in [3.05, 3.63) is 41.3 Å². The van der Waals surface area contributed by atoms with Crippen molar-refractivity contribution >= 4 is 16.9 Å². The predicted molar refractivity (Wildman–Crippen MR) is 123 cm³/mol. The minimum atomic E-state index is -2.63. The van der Waals surface area contributed by atoms with Gasteiger partial charge in [-0.05, 0) is 69.6 Å². The minimum absolute atomic E-state index is 0.105. The number of halogens is 2. The molecule has 0 radical (unpaired) electrons. The van der Waals surface area contributed by atoms with Crippen LogP contribution in [-0.4, -0.2) is 44.7 Å². The number of rotatable bonds is 7. The molecule has 0 saturated heterocycles. The van der Waals surface area contributed by atoms with Crippen LogP contribution in [0.15, 0.2) is 24.5 Å². The third kappa shape index (κ3) is 4.61. The number of aliphatic hydroxyl groups is 1. The Morgan fingerprint density at radius 2 is 2.09 bits per heavy atom. The van der Waals surface area contributed by atoms with E-state index in [0.29, 0.717) is 58.2 Å². The normalized spacial score (nSPS) is 20.6. The van der Waals surface area contributed by atoms with E-state index in [1.54, 1.807) is 13.0 Å². The topological polar surface area (TPSA) is 100 Å². The van der Waals surface area contributed by atoms with Crippen molar-refractivity contribution in [3.8, 4) is 17.0 Å². The number of hydrogen-bond acceptors (Lipinski definition) is 5. The fourth-order valence-electron chi connectivity index (χ4n) is 4.64. The summed E-state index contributed by atoms with van der Waals surface area (Å²) in [6.07, 6.45) is 3.45. The number of benzene rings is 1. The van der Waals surface area contributed by atoms with Gasteiger partial charge in [0.1, 0.15) is 23.3 Å². The molecule has 2 aliphatic rings. The number of aromatic amines is 1. The highest BCUT2D eigenvalue weighted by atomic mass is 19.3. The summed E-state index contributed by atoms with van der Waals surface area (Å²) in [5.41, 5.74) is 2.64. The molecule has 0 spiro atoms. The fourth-order valence-corrected chi connectivity index (χ4v) is 4.64. The van der Waals surface area contributed by atoms with E-state index in [9.17, 15) is 18.7 Å². The number of H-pyrrole nitrogens is 1. The molecule has 7 nitrogen and oxygen atoms in total. The van der Waals surface area contributed by atoms with E-state index in [-0.39, 0.29) is 17.5 Å². The molecule has 2 saturated carbocycles. The van der Waals surface area contributed by atoms with Gasteiger partial charge in [-0.1, -0.05) is 0 Å². The zero-order chi connectivity index (χ0) is 23.8. The van der Waals surface area contributed by atoms with Crippen molar-refractivity contribution in [3.63, 3.8) is 0 Å². The molecule has 3 N–H and O–H groups in total. The first-order valence-electron chi connectivity index (χ1n) is 11.8. The summed E-state index contributed by atoms with van der Waals surface area (Å²) in [5, 5.41) is 13.0. The van der Waals surface area contributed by atoms with Gasteiger partial charge in [0.2, 0.25) is 0 Å². The Labute approximate surface area is 196 Å². The fraction of sp³-hybridized carbons (Fsp3) is 0.480. The second-order valence-corrected chi connectivity index (χ2v) is 9.37. The molecule has 2 heterocycles. The largest absolute Gasteiger partial charge is 0.493 e. The van der Waals surface area contributed by atoms with Gasteiger partial charge in [0, 0.05) is 22.9 Å². The summed E-state index contributed by atoms with van der Waals surface area (Å²) in [5.74, 6) is 0.694. The van der Waals surface area contributed by atoms with Crippen molar-refractivity contribution in [2.75, 3.05) is 6.61 Å². The zero-order valence-electron chi connectivity index (χ0n) is 19.0. The molecule has 3 aromatic rings. The van der Waals surface area contributed by atoms with Crippen molar-refractivity contribution in [2.45, 2.75) is 64.0 Å². The van der Waals surface area contributed by atoms with Gasteiger partial charge < -0.3 is 20.1 Å². The lowest BCUT2D eigenvalue weighted by molar-refractivity contribution is 0.0850. The number of fused-ring (bicyclic) bond motifs is 1. The summed E-state index contributed by atoms with van der Waals surface area (Å²) in [7, 11) is 0. The van der Waals surface area contributed by atoms with Crippen LogP contribution in [0, 0.1) is 12.8 Å². The highest BCUT2D eigenvalue weighted by Gasteiger charge is 2.27. The minimum Gasteiger partial charge on any atom is -0.493 e. The van der Waals surface area contributed by atoms with Crippen molar-refractivity contribution in [2.24, 2.45) is 5.92 Å². The number of ether oxygens (including phenoxy) is 1. The lowest BCUT2D eigenvalue weighted by atomic mass is 9.93. The number of alkyl halides is 2. The number of carbonyl (C=O) groups is 1. The number of aliphatic hydroxyl groups excluding tert-OH is 1. The van der Waals surface area contributed by atoms with E-state index in [0.717, 1.165) is 32.1 Å². The van der Waals surface area contributed by atoms with Crippen molar-refractivity contribution in [1.29, 1.82) is 0 Å². The molecule has 2 atom stereocenters. The Bertz CT molecular complexity index is 1210. The summed E-state index contributed by atoms with van der Waals surface area (Å²) in [6.45, 7) is 2.30. The molecular weight excluding hydrogens is 442 g/mol. The number of carbonyl (C=O) groups excluding carboxylic acids is 1. The smallest absolute Gasteiger partial charge is 0.263 e. The Morgan fingerprint density at radius 1 is 1.26 bits per heavy atom. The molecule has 34 heavy (non-hydrogen) atoms. The number of aryl methyl sites for hydroxylation is 1. The third-order valence-corrected chi connectivity index (χ3v) is 6.66. The first-order chi connectivity index (χ1) is 16.4. The van der Waals surface area contributed by atoms with Crippen molar-refractivity contribution < 1.29 is 23.4 Å². The molecule has 5 rings (SSSR count). The highest BCUT2D eigenvalue weighted by molar-refractivity contribution is 6.09. The van der Waals surface area contributed by atoms with Gasteiger partial charge in [0.15, 0.2) is 0 Å². The third-order valence-electron chi connectivity index (χ3n) is 6.66. The van der Waals surface area contributed by atoms with Crippen LogP contribution < -0.4 is 10.1 Å². The van der Waals surface area contributed by atoms with E-state index >= 15 is 0 Å². The Kier molecular flexibility index (Phi) is 6.20. The molecular formula is C25H28F2N4O3. The predicted octanol–water partition coefficient (Wildman–Crippen LogP) is 4.69. The van der Waals surface area contributed by atoms with E-state index in [1.165, 1.54) is 18.5 Å². The van der Waals surface area contributed by atoms with Gasteiger partial charge in [0.05, 0.1) is 23.8 Å². The lowest BCUT2D eigenvalue weighted by Gasteiger charge is -2.26. The Morgan fingerprint density at radius 3 is 2.82 bits per heavy atom. The van der Waals surface area contributed by atoms with Crippen LogP contribution in [0.4, 0.5) is 8.78 Å². The van der Waals surface area contributed by atoms with Crippen molar-refractivity contribution in [1.82, 2.24) is 20.3 Å². The highest BCUT2D eigenvalue weighted by Crippen LogP contribution is 2.38. The van der Waals surface area contributed by atoms with Crippen LogP contribution in [0.1, 0.15) is 66.6 Å². The lowest BCUT2D eigenvalue weighted by Crippen LogP contribution is -2.39. The van der Waals surface area contributed by atoms with Gasteiger partial charge in [-0.25, -0.2) is 18.7 Å². The summed E-state index contributed by atoms with van der Waals surface area (Å²) in [6, 6.07) is 4.22. The first-order valence-corrected chi connectivity index (χ1v) is 11.8. The second-order valence-electron chi connectivity index (χ2n) is 9.37. The van der Waals surface area contributed by atoms with E-state index < -0.39 is 12.5 Å². The number of nitrogens with zero attached hydrogens (tertiary/aromatic N) is 2. The van der Waals surface area contributed by atoms with Gasteiger partial charge in [0.25, 0.3) is 12.3 Å². The molecule has 0 bridgehead atoms. The van der Waals surface area contributed by atoms with E-state index in [1.807, 2.05) is 0 Å². The maximum Gasteiger partial charge on any atom is 0.263 e. The van der Waals surface area contributed by atoms with Crippen LogP contribution in [0.25, 0.3) is 22.3 Å². The molecule has 2 fully saturated rings. The van der Waals surface area contributed by atoms with Gasteiger partial charge in [-0.15, -0.1) is 0 Å². The van der Waals surface area contributed by atoms with Crippen LogP contribution in [0.3, 0.4) is 0 Å². The molecule has 0 aliphatic heterocycles. The molecule has 2 aliphatic carbocycles. The number of aromatic nitrogens is 3. The summed E-state index contributed by atoms with van der Waals surface area (Å²) in [4.78, 5) is 25.1. The molecule has 180 valence electrons. The molecule has 2 aromatic heterocycles. The molecule has 1 aromatic carbocycles. The average molecular weight is 471 g/mol.